The fourth-order valence-electron chi connectivity index (χ4n) is 5.29. The molecule has 4 rings (SSSR count). The van der Waals surface area contributed by atoms with Crippen molar-refractivity contribution in [1.82, 2.24) is 0 Å². The molecule has 0 amide bonds. The normalized spacial score (nSPS) is 53.8. The molecule has 0 aromatic rings. The minimum Gasteiger partial charge on any atom is -0.479 e. The number of aliphatic carboxylic acids is 1. The highest BCUT2D eigenvalue weighted by Gasteiger charge is 2.53. The molecule has 256 valence electrons. The molecule has 20 nitrogen and oxygen atoms in total. The standard InChI is InChI=1S/C24H40O20/c1-4-7(25)9(27)15(33)22(39-4)44-19-11(29)8(26)5(2)40-24(19)38-3-6-17(13(31)14(32)21(37)41-6)42-23-16(34)10(28)12(30)18(43-23)20(35)36/h4-19,21-34,37H,3H2,1-2H3,(H,35,36). The summed E-state index contributed by atoms with van der Waals surface area (Å²) in [5, 5.41) is 122. The Morgan fingerprint density at radius 2 is 1.02 bits per heavy atom. The number of carboxylic acids is 1. The van der Waals surface area contributed by atoms with Crippen LogP contribution in [0.1, 0.15) is 13.8 Å². The highest BCUT2D eigenvalue weighted by atomic mass is 16.8. The molecule has 0 radical (unpaired) electrons. The third-order valence-electron chi connectivity index (χ3n) is 8.07. The molecule has 0 bridgehead atoms. The average Bonchev–Trinajstić information content (AvgIpc) is 2.98. The Kier molecular flexibility index (Phi) is 11.5. The van der Waals surface area contributed by atoms with Gasteiger partial charge in [-0.15, -0.1) is 0 Å². The predicted octanol–water partition coefficient (Wildman–Crippen LogP) is -7.60. The topological polar surface area (TPSA) is 324 Å². The number of aliphatic hydroxyl groups excluding tert-OH is 11. The second kappa shape index (κ2) is 14.3. The molecule has 4 aliphatic rings. The maximum Gasteiger partial charge on any atom is 0.335 e. The lowest BCUT2D eigenvalue weighted by molar-refractivity contribution is -0.374. The van der Waals surface area contributed by atoms with Gasteiger partial charge in [0.15, 0.2) is 31.3 Å². The van der Waals surface area contributed by atoms with Crippen LogP contribution >= 0.6 is 0 Å². The van der Waals surface area contributed by atoms with E-state index in [1.807, 2.05) is 0 Å². The first-order chi connectivity index (χ1) is 20.5. The zero-order valence-electron chi connectivity index (χ0n) is 23.4. The molecule has 0 aromatic heterocycles. The van der Waals surface area contributed by atoms with Gasteiger partial charge in [-0.1, -0.05) is 0 Å². The van der Waals surface area contributed by atoms with E-state index in [-0.39, 0.29) is 0 Å². The molecule has 0 saturated carbocycles. The Balaban J connectivity index is 1.51. The Bertz CT molecular complexity index is 959. The van der Waals surface area contributed by atoms with Gasteiger partial charge in [0, 0.05) is 0 Å². The van der Waals surface area contributed by atoms with E-state index < -0.39 is 135 Å². The summed E-state index contributed by atoms with van der Waals surface area (Å²) in [5.41, 5.74) is 0. The molecule has 20 unspecified atom stereocenters. The molecule has 0 aromatic carbocycles. The largest absolute Gasteiger partial charge is 0.479 e. The minimum absolute atomic E-state index is 0.715. The first kappa shape index (κ1) is 35.6. The number of rotatable bonds is 8. The summed E-state index contributed by atoms with van der Waals surface area (Å²) in [5.74, 6) is -1.72. The molecule has 4 heterocycles. The lowest BCUT2D eigenvalue weighted by Crippen LogP contribution is -2.65. The van der Waals surface area contributed by atoms with Gasteiger partial charge >= 0.3 is 5.97 Å². The van der Waals surface area contributed by atoms with Crippen LogP contribution in [0.3, 0.4) is 0 Å². The molecule has 20 heteroatoms. The molecule has 4 fully saturated rings. The molecule has 0 spiro atoms. The molecular formula is C24H40O20. The fraction of sp³-hybridized carbons (Fsp3) is 0.958. The van der Waals surface area contributed by atoms with Crippen molar-refractivity contribution in [2.75, 3.05) is 6.61 Å². The first-order valence-corrected chi connectivity index (χ1v) is 13.8. The lowest BCUT2D eigenvalue weighted by atomic mass is 9.96. The van der Waals surface area contributed by atoms with Crippen LogP contribution in [-0.2, 0) is 38.0 Å². The van der Waals surface area contributed by atoms with Gasteiger partial charge in [-0.05, 0) is 13.8 Å². The van der Waals surface area contributed by atoms with Crippen molar-refractivity contribution in [2.45, 2.75) is 137 Å². The highest BCUT2D eigenvalue weighted by molar-refractivity contribution is 5.73. The first-order valence-electron chi connectivity index (χ1n) is 13.8. The van der Waals surface area contributed by atoms with E-state index in [0.29, 0.717) is 0 Å². The van der Waals surface area contributed by atoms with Crippen LogP contribution in [0, 0.1) is 0 Å². The summed E-state index contributed by atoms with van der Waals surface area (Å²) in [4.78, 5) is 11.5. The summed E-state index contributed by atoms with van der Waals surface area (Å²) in [6, 6.07) is 0. The summed E-state index contributed by atoms with van der Waals surface area (Å²) < 4.78 is 38.1. The molecule has 4 aliphatic heterocycles. The SMILES string of the molecule is CC1OC(OC2C(OCC3OC(O)C(O)C(O)C3OC3OC(C(=O)O)C(O)C(O)C3O)OC(C)C(O)C2O)C(O)C(O)C1O. The van der Waals surface area contributed by atoms with Crippen molar-refractivity contribution in [1.29, 1.82) is 0 Å². The molecule has 44 heavy (non-hydrogen) atoms. The van der Waals surface area contributed by atoms with E-state index in [2.05, 4.69) is 0 Å². The van der Waals surface area contributed by atoms with Gasteiger partial charge in [0.05, 0.1) is 18.8 Å². The van der Waals surface area contributed by atoms with Crippen LogP contribution in [0.15, 0.2) is 0 Å². The van der Waals surface area contributed by atoms with Crippen LogP contribution in [0.2, 0.25) is 0 Å². The fourth-order valence-corrected chi connectivity index (χ4v) is 5.29. The second-order valence-electron chi connectivity index (χ2n) is 11.2. The Morgan fingerprint density at radius 1 is 0.545 bits per heavy atom. The molecule has 0 aliphatic carbocycles. The quantitative estimate of drug-likeness (QED) is 0.116. The van der Waals surface area contributed by atoms with Gasteiger partial charge in [0.2, 0.25) is 0 Å². The van der Waals surface area contributed by atoms with Crippen molar-refractivity contribution in [3.63, 3.8) is 0 Å². The Labute approximate surface area is 249 Å². The Morgan fingerprint density at radius 3 is 1.61 bits per heavy atom. The van der Waals surface area contributed by atoms with E-state index in [4.69, 9.17) is 33.2 Å². The van der Waals surface area contributed by atoms with E-state index in [1.165, 1.54) is 13.8 Å². The molecular weight excluding hydrogens is 608 g/mol. The predicted molar refractivity (Wildman–Crippen MR) is 132 cm³/mol. The van der Waals surface area contributed by atoms with Gasteiger partial charge in [0.25, 0.3) is 0 Å². The summed E-state index contributed by atoms with van der Waals surface area (Å²) in [7, 11) is 0. The van der Waals surface area contributed by atoms with E-state index in [1.54, 1.807) is 0 Å². The third-order valence-corrected chi connectivity index (χ3v) is 8.07. The summed E-state index contributed by atoms with van der Waals surface area (Å²) in [6.45, 7) is 2.04. The zero-order chi connectivity index (χ0) is 32.8. The van der Waals surface area contributed by atoms with Crippen LogP contribution in [-0.4, -0.2) is 197 Å². The summed E-state index contributed by atoms with van der Waals surface area (Å²) in [6.07, 6.45) is -34.8. The van der Waals surface area contributed by atoms with Crippen molar-refractivity contribution >= 4 is 5.97 Å². The van der Waals surface area contributed by atoms with Crippen molar-refractivity contribution in [3.05, 3.63) is 0 Å². The number of hydrogen-bond donors (Lipinski definition) is 12. The Hall–Kier alpha value is -1.25. The second-order valence-corrected chi connectivity index (χ2v) is 11.2. The molecule has 20 atom stereocenters. The van der Waals surface area contributed by atoms with Gasteiger partial charge in [-0.2, -0.15) is 0 Å². The van der Waals surface area contributed by atoms with Gasteiger partial charge in [-0.25, -0.2) is 4.79 Å². The van der Waals surface area contributed by atoms with Crippen LogP contribution in [0.4, 0.5) is 0 Å². The number of carbonyl (C=O) groups is 1. The van der Waals surface area contributed by atoms with E-state index in [9.17, 15) is 66.1 Å². The van der Waals surface area contributed by atoms with Crippen LogP contribution < -0.4 is 0 Å². The number of aliphatic hydroxyl groups is 11. The minimum atomic E-state index is -2.07. The lowest BCUT2D eigenvalue weighted by Gasteiger charge is -2.47. The third kappa shape index (κ3) is 7.02. The average molecular weight is 649 g/mol. The van der Waals surface area contributed by atoms with E-state index >= 15 is 0 Å². The molecule has 12 N–H and O–H groups in total. The van der Waals surface area contributed by atoms with Gasteiger partial charge in [-0.3, -0.25) is 0 Å². The van der Waals surface area contributed by atoms with Crippen LogP contribution in [0.5, 0.6) is 0 Å². The summed E-state index contributed by atoms with van der Waals surface area (Å²) >= 11 is 0. The zero-order valence-corrected chi connectivity index (χ0v) is 23.4. The monoisotopic (exact) mass is 648 g/mol. The maximum absolute atomic E-state index is 11.5. The van der Waals surface area contributed by atoms with Crippen molar-refractivity contribution in [3.8, 4) is 0 Å². The van der Waals surface area contributed by atoms with Gasteiger partial charge in [0.1, 0.15) is 79.4 Å². The number of ether oxygens (including phenoxy) is 7. The smallest absolute Gasteiger partial charge is 0.335 e. The number of hydrogen-bond acceptors (Lipinski definition) is 19. The molecule has 4 saturated heterocycles. The maximum atomic E-state index is 11.5. The van der Waals surface area contributed by atoms with Crippen LogP contribution in [0.25, 0.3) is 0 Å². The number of carboxylic acid groups (broad SMARTS) is 1. The van der Waals surface area contributed by atoms with Crippen molar-refractivity contribution < 1.29 is 99.2 Å². The van der Waals surface area contributed by atoms with E-state index in [0.717, 1.165) is 0 Å². The highest BCUT2D eigenvalue weighted by Crippen LogP contribution is 2.32. The van der Waals surface area contributed by atoms with Crippen molar-refractivity contribution in [2.24, 2.45) is 0 Å². The van der Waals surface area contributed by atoms with Gasteiger partial charge < -0.3 is 94.4 Å².